The number of hydroxylamine groups is 1. The number of nitrogens with zero attached hydrogens (tertiary/aromatic N) is 3. The fourth-order valence-corrected chi connectivity index (χ4v) is 4.82. The van der Waals surface area contributed by atoms with Crippen LogP contribution in [0.15, 0.2) is 47.4 Å². The summed E-state index contributed by atoms with van der Waals surface area (Å²) in [4.78, 5) is 41.8. The molecule has 0 unspecified atom stereocenters. The van der Waals surface area contributed by atoms with Crippen molar-refractivity contribution in [3.63, 3.8) is 0 Å². The number of carbonyl (C=O) groups is 2. The highest BCUT2D eigenvalue weighted by Crippen LogP contribution is 2.42. The summed E-state index contributed by atoms with van der Waals surface area (Å²) < 4.78 is 43.6. The van der Waals surface area contributed by atoms with Crippen molar-refractivity contribution in [2.75, 3.05) is 5.32 Å². The predicted octanol–water partition coefficient (Wildman–Crippen LogP) is 6.51. The monoisotopic (exact) mass is 540 g/mol. The zero-order chi connectivity index (χ0) is 26.8. The fourth-order valence-electron chi connectivity index (χ4n) is 4.28. The lowest BCUT2D eigenvalue weighted by atomic mass is 9.92. The number of alkyl halides is 3. The van der Waals surface area contributed by atoms with Crippen LogP contribution in [0.5, 0.6) is 0 Å². The number of rotatable bonds is 6. The summed E-state index contributed by atoms with van der Waals surface area (Å²) in [7, 11) is 0. The van der Waals surface area contributed by atoms with Crippen molar-refractivity contribution in [1.82, 2.24) is 10.2 Å². The van der Waals surface area contributed by atoms with Gasteiger partial charge in [0.2, 0.25) is 5.72 Å². The third-order valence-electron chi connectivity index (χ3n) is 6.00. The van der Waals surface area contributed by atoms with Gasteiger partial charge in [0.15, 0.2) is 0 Å². The number of ether oxygens (including phenoxy) is 1. The Hall–Kier alpha value is -3.52. The number of nitro benzene ring substituents is 1. The van der Waals surface area contributed by atoms with Gasteiger partial charge >= 0.3 is 17.7 Å². The summed E-state index contributed by atoms with van der Waals surface area (Å²) in [6.45, 7) is 1.44. The topological polar surface area (TPSA) is 114 Å². The molecule has 198 valence electrons. The Morgan fingerprint density at radius 1 is 1.19 bits per heavy atom. The molecular formula is C23H23F3N4O6S. The third kappa shape index (κ3) is 6.25. The molecule has 14 heteroatoms. The maximum atomic E-state index is 12.8. The molecule has 4 rings (SSSR count). The van der Waals surface area contributed by atoms with Crippen molar-refractivity contribution < 1.29 is 37.3 Å². The molecule has 1 aliphatic heterocycles. The molecule has 10 nitrogen and oxygen atoms in total. The predicted molar refractivity (Wildman–Crippen MR) is 126 cm³/mol. The Labute approximate surface area is 213 Å². The number of halogens is 3. The molecule has 1 heterocycles. The van der Waals surface area contributed by atoms with Gasteiger partial charge in [-0.1, -0.05) is 24.6 Å². The van der Waals surface area contributed by atoms with Crippen LogP contribution in [0.25, 0.3) is 0 Å². The highest BCUT2D eigenvalue weighted by Gasteiger charge is 2.55. The second-order valence-corrected chi connectivity index (χ2v) is 9.80. The minimum atomic E-state index is -4.43. The molecular weight excluding hydrogens is 517 g/mol. The highest BCUT2D eigenvalue weighted by molar-refractivity contribution is 8.00. The molecule has 1 saturated carbocycles. The van der Waals surface area contributed by atoms with Gasteiger partial charge in [-0.15, -0.1) is 0 Å². The van der Waals surface area contributed by atoms with Crippen LogP contribution >= 0.6 is 11.8 Å². The van der Waals surface area contributed by atoms with Gasteiger partial charge in [0.1, 0.15) is 0 Å². The van der Waals surface area contributed by atoms with E-state index in [1.54, 1.807) is 6.92 Å². The summed E-state index contributed by atoms with van der Waals surface area (Å²) in [6.07, 6.45) is 1.38. The normalized spacial score (nSPS) is 17.5. The number of nitro groups is 1. The first-order chi connectivity index (χ1) is 17.5. The van der Waals surface area contributed by atoms with Gasteiger partial charge < -0.3 is 9.57 Å². The number of hydrazine groups is 1. The number of benzene rings is 2. The van der Waals surface area contributed by atoms with Crippen LogP contribution in [0, 0.1) is 17.0 Å². The van der Waals surface area contributed by atoms with E-state index in [9.17, 15) is 32.9 Å². The van der Waals surface area contributed by atoms with Crippen molar-refractivity contribution in [2.24, 2.45) is 0 Å². The smallest absolute Gasteiger partial charge is 0.421 e. The molecule has 0 radical (unpaired) electrons. The van der Waals surface area contributed by atoms with Gasteiger partial charge in [0.05, 0.1) is 17.2 Å². The Kier molecular flexibility index (Phi) is 7.50. The van der Waals surface area contributed by atoms with Crippen LogP contribution in [0.2, 0.25) is 0 Å². The van der Waals surface area contributed by atoms with E-state index >= 15 is 0 Å². The van der Waals surface area contributed by atoms with Crippen LogP contribution in [-0.4, -0.2) is 38.5 Å². The number of nitrogens with one attached hydrogen (secondary N) is 1. The second kappa shape index (κ2) is 10.5. The van der Waals surface area contributed by atoms with Crippen LogP contribution in [0.1, 0.15) is 43.2 Å². The Morgan fingerprint density at radius 3 is 2.49 bits per heavy atom. The van der Waals surface area contributed by atoms with Crippen molar-refractivity contribution >= 4 is 35.3 Å². The van der Waals surface area contributed by atoms with Gasteiger partial charge in [-0.05, 0) is 55.3 Å². The van der Waals surface area contributed by atoms with Gasteiger partial charge in [-0.25, -0.2) is 9.59 Å². The average molecular weight is 541 g/mol. The summed E-state index contributed by atoms with van der Waals surface area (Å²) in [5.41, 5.74) is -4.82. The standard InChI is InChI=1S/C23H23F3N4O6S/c1-15-5-8-17(13-19(15)29(33)34)27-20(31)36-30-22(11-3-2-4-12-22)35-21(32)28(30)14-16-6-9-18(10-7-16)37-23(24,25)26/h5-10,13H,2-4,11-12,14H2,1H3,(H,27,31). The van der Waals surface area contributed by atoms with E-state index < -0.39 is 28.3 Å². The number of anilines is 1. The Bertz CT molecular complexity index is 1190. The van der Waals surface area contributed by atoms with E-state index in [4.69, 9.17) is 9.57 Å². The highest BCUT2D eigenvalue weighted by atomic mass is 32.2. The summed E-state index contributed by atoms with van der Waals surface area (Å²) in [5, 5.41) is 15.8. The van der Waals surface area contributed by atoms with Gasteiger partial charge in [0, 0.05) is 34.5 Å². The number of thioether (sulfide) groups is 1. The molecule has 1 spiro atoms. The minimum Gasteiger partial charge on any atom is -0.421 e. The number of hydrogen-bond acceptors (Lipinski definition) is 8. The number of carbonyl (C=O) groups excluding carboxylic acids is 2. The average Bonchev–Trinajstić information content (AvgIpc) is 3.05. The summed E-state index contributed by atoms with van der Waals surface area (Å²) in [6, 6.07) is 9.60. The molecule has 2 aromatic rings. The van der Waals surface area contributed by atoms with Gasteiger partial charge in [0.25, 0.3) is 5.69 Å². The first-order valence-corrected chi connectivity index (χ1v) is 12.2. The van der Waals surface area contributed by atoms with E-state index in [2.05, 4.69) is 5.32 Å². The van der Waals surface area contributed by atoms with E-state index in [-0.39, 0.29) is 34.6 Å². The summed E-state index contributed by atoms with van der Waals surface area (Å²) >= 11 is -0.252. The fraction of sp³-hybridized carbons (Fsp3) is 0.391. The van der Waals surface area contributed by atoms with Crippen LogP contribution in [0.4, 0.5) is 34.1 Å². The molecule has 0 bridgehead atoms. The first kappa shape index (κ1) is 26.5. The maximum Gasteiger partial charge on any atom is 0.446 e. The van der Waals surface area contributed by atoms with E-state index in [0.29, 0.717) is 24.0 Å². The van der Waals surface area contributed by atoms with Crippen LogP contribution in [-0.2, 0) is 16.1 Å². The van der Waals surface area contributed by atoms with Crippen molar-refractivity contribution in [1.29, 1.82) is 0 Å². The maximum absolute atomic E-state index is 12.8. The molecule has 2 aromatic carbocycles. The largest absolute Gasteiger partial charge is 0.446 e. The van der Waals surface area contributed by atoms with E-state index in [1.807, 2.05) is 0 Å². The van der Waals surface area contributed by atoms with Crippen molar-refractivity contribution in [2.45, 2.75) is 61.7 Å². The molecule has 1 aliphatic carbocycles. The molecule has 1 N–H and O–H groups in total. The minimum absolute atomic E-state index is 0.0105. The van der Waals surface area contributed by atoms with Crippen LogP contribution < -0.4 is 5.32 Å². The lowest BCUT2D eigenvalue weighted by Crippen LogP contribution is -2.52. The van der Waals surface area contributed by atoms with Gasteiger partial charge in [-0.3, -0.25) is 15.4 Å². The molecule has 2 aliphatic rings. The van der Waals surface area contributed by atoms with Crippen molar-refractivity contribution in [3.8, 4) is 0 Å². The van der Waals surface area contributed by atoms with Crippen molar-refractivity contribution in [3.05, 3.63) is 63.7 Å². The Morgan fingerprint density at radius 2 is 1.86 bits per heavy atom. The van der Waals surface area contributed by atoms with E-state index in [0.717, 1.165) is 29.4 Å². The third-order valence-corrected chi connectivity index (χ3v) is 6.74. The lowest BCUT2D eigenvalue weighted by molar-refractivity contribution is -0.385. The van der Waals surface area contributed by atoms with Crippen LogP contribution in [0.3, 0.4) is 0 Å². The number of hydrogen-bond donors (Lipinski definition) is 1. The SMILES string of the molecule is Cc1ccc(NC(=O)ON2N(Cc3ccc(SC(F)(F)F)cc3)C(=O)OC23CCCCC3)cc1[N+](=O)[O-]. The second-order valence-electron chi connectivity index (χ2n) is 8.66. The number of amides is 2. The first-order valence-electron chi connectivity index (χ1n) is 11.4. The lowest BCUT2D eigenvalue weighted by Gasteiger charge is -2.37. The molecule has 0 aromatic heterocycles. The molecule has 0 atom stereocenters. The molecule has 2 amide bonds. The summed E-state index contributed by atoms with van der Waals surface area (Å²) in [5.74, 6) is 0. The van der Waals surface area contributed by atoms with E-state index in [1.165, 1.54) is 42.5 Å². The van der Waals surface area contributed by atoms with Gasteiger partial charge in [-0.2, -0.15) is 18.2 Å². The molecule has 2 fully saturated rings. The molecule has 1 saturated heterocycles. The number of aryl methyl sites for hydroxylation is 1. The zero-order valence-electron chi connectivity index (χ0n) is 19.6. The zero-order valence-corrected chi connectivity index (χ0v) is 20.4. The quantitative estimate of drug-likeness (QED) is 0.251. The molecule has 37 heavy (non-hydrogen) atoms. The Balaban J connectivity index is 1.53.